The second kappa shape index (κ2) is 8.21. The lowest BCUT2D eigenvalue weighted by atomic mass is 10.1. The van der Waals surface area contributed by atoms with Gasteiger partial charge in [-0.1, -0.05) is 36.5 Å². The Bertz CT molecular complexity index is 429. The van der Waals surface area contributed by atoms with Gasteiger partial charge in [0.2, 0.25) is 0 Å². The minimum absolute atomic E-state index is 0.0251. The fraction of sp³-hybridized carbons (Fsp3) is 0.462. The van der Waals surface area contributed by atoms with E-state index in [9.17, 15) is 13.9 Å². The average Bonchev–Trinajstić information content (AvgIpc) is 2.38. The molecule has 1 rings (SSSR count). The molecule has 4 N–H and O–H groups in total. The zero-order chi connectivity index (χ0) is 15.1. The van der Waals surface area contributed by atoms with Crippen LogP contribution in [0.1, 0.15) is 17.2 Å². The van der Waals surface area contributed by atoms with Crippen LogP contribution in [0.5, 0.6) is 0 Å². The minimum atomic E-state index is -2.51. The van der Waals surface area contributed by atoms with E-state index in [4.69, 9.17) is 23.1 Å². The maximum atomic E-state index is 12.4. The van der Waals surface area contributed by atoms with Gasteiger partial charge in [-0.25, -0.2) is 8.78 Å². The lowest BCUT2D eigenvalue weighted by Gasteiger charge is -2.24. The molecule has 112 valence electrons. The summed E-state index contributed by atoms with van der Waals surface area (Å²) in [6, 6.07) is 6.64. The Morgan fingerprint density at radius 2 is 1.85 bits per heavy atom. The minimum Gasteiger partial charge on any atom is -0.395 e. The van der Waals surface area contributed by atoms with Gasteiger partial charge >= 0.3 is 0 Å². The van der Waals surface area contributed by atoms with E-state index >= 15 is 0 Å². The van der Waals surface area contributed by atoms with Gasteiger partial charge in [0.05, 0.1) is 19.3 Å². The molecule has 0 aromatic heterocycles. The summed E-state index contributed by atoms with van der Waals surface area (Å²) in [5.41, 5.74) is 6.73. The van der Waals surface area contributed by atoms with Crippen LogP contribution in [0.15, 0.2) is 24.3 Å². The molecule has 0 saturated carbocycles. The molecule has 1 aromatic carbocycles. The van der Waals surface area contributed by atoms with Gasteiger partial charge in [-0.2, -0.15) is 0 Å². The van der Waals surface area contributed by atoms with Crippen molar-refractivity contribution in [2.24, 2.45) is 5.73 Å². The van der Waals surface area contributed by atoms with E-state index in [0.717, 1.165) is 0 Å². The number of hydrogen-bond acceptors (Lipinski definition) is 4. The van der Waals surface area contributed by atoms with Crippen molar-refractivity contribution < 1.29 is 19.0 Å². The zero-order valence-corrected chi connectivity index (χ0v) is 11.7. The second-order valence-corrected chi connectivity index (χ2v) is 4.82. The lowest BCUT2D eigenvalue weighted by Crippen LogP contribution is -2.35. The molecule has 1 aromatic rings. The molecule has 1 unspecified atom stereocenters. The van der Waals surface area contributed by atoms with Gasteiger partial charge in [0.15, 0.2) is 0 Å². The van der Waals surface area contributed by atoms with Gasteiger partial charge in [0.1, 0.15) is 4.99 Å². The van der Waals surface area contributed by atoms with Crippen molar-refractivity contribution in [3.8, 4) is 0 Å². The van der Waals surface area contributed by atoms with Gasteiger partial charge in [0, 0.05) is 18.7 Å². The molecular weight excluding hydrogens is 286 g/mol. The van der Waals surface area contributed by atoms with E-state index in [-0.39, 0.29) is 24.7 Å². The number of benzene rings is 1. The summed E-state index contributed by atoms with van der Waals surface area (Å²) in [6.45, 7) is -0.605. The predicted octanol–water partition coefficient (Wildman–Crippen LogP) is 0.914. The lowest BCUT2D eigenvalue weighted by molar-refractivity contribution is 0.0460. The number of alkyl halides is 2. The van der Waals surface area contributed by atoms with Crippen LogP contribution in [0.3, 0.4) is 0 Å². The highest BCUT2D eigenvalue weighted by Gasteiger charge is 2.17. The third-order valence-electron chi connectivity index (χ3n) is 2.82. The van der Waals surface area contributed by atoms with Crippen molar-refractivity contribution in [1.29, 1.82) is 0 Å². The van der Waals surface area contributed by atoms with E-state index in [0.29, 0.717) is 11.1 Å². The first-order chi connectivity index (χ1) is 9.43. The van der Waals surface area contributed by atoms with Crippen molar-refractivity contribution >= 4 is 17.2 Å². The highest BCUT2D eigenvalue weighted by atomic mass is 32.1. The van der Waals surface area contributed by atoms with Crippen molar-refractivity contribution in [1.82, 2.24) is 4.90 Å². The normalized spacial score (nSPS) is 12.9. The first kappa shape index (κ1) is 16.9. The highest BCUT2D eigenvalue weighted by Crippen LogP contribution is 2.16. The smallest absolute Gasteiger partial charge is 0.251 e. The molecule has 0 radical (unpaired) electrons. The fourth-order valence-electron chi connectivity index (χ4n) is 1.81. The van der Waals surface area contributed by atoms with Crippen LogP contribution in [0.25, 0.3) is 0 Å². The van der Waals surface area contributed by atoms with Gasteiger partial charge in [-0.05, 0) is 5.56 Å². The van der Waals surface area contributed by atoms with E-state index in [1.54, 1.807) is 24.3 Å². The standard InChI is InChI=1S/C13H18F2N2O2S/c14-12(15)8-17(5-6-18)7-11(19)9-1-3-10(4-2-9)13(16)20/h1-4,11-12,18-19H,5-8H2,(H2,16,20). The predicted molar refractivity (Wildman–Crippen MR) is 76.8 cm³/mol. The number of aliphatic hydroxyl groups excluding tert-OH is 2. The molecule has 0 aliphatic carbocycles. The Labute approximate surface area is 121 Å². The van der Waals surface area contributed by atoms with Crippen molar-refractivity contribution in [3.05, 3.63) is 35.4 Å². The number of rotatable bonds is 8. The summed E-state index contributed by atoms with van der Waals surface area (Å²) in [5.74, 6) is 0. The topological polar surface area (TPSA) is 69.7 Å². The van der Waals surface area contributed by atoms with Gasteiger partial charge in [-0.3, -0.25) is 4.90 Å². The Kier molecular flexibility index (Phi) is 6.94. The number of halogens is 2. The molecule has 0 bridgehead atoms. The summed E-state index contributed by atoms with van der Waals surface area (Å²) >= 11 is 4.82. The first-order valence-corrected chi connectivity index (χ1v) is 6.54. The average molecular weight is 304 g/mol. The van der Waals surface area contributed by atoms with Crippen LogP contribution in [0.4, 0.5) is 8.78 Å². The third-order valence-corrected chi connectivity index (χ3v) is 3.06. The summed E-state index contributed by atoms with van der Waals surface area (Å²) in [4.78, 5) is 1.57. The van der Waals surface area contributed by atoms with E-state index in [1.165, 1.54) is 4.90 Å². The molecule has 1 atom stereocenters. The van der Waals surface area contributed by atoms with Crippen LogP contribution in [-0.2, 0) is 0 Å². The highest BCUT2D eigenvalue weighted by molar-refractivity contribution is 7.80. The zero-order valence-electron chi connectivity index (χ0n) is 10.9. The fourth-order valence-corrected chi connectivity index (χ4v) is 1.95. The van der Waals surface area contributed by atoms with E-state index < -0.39 is 19.1 Å². The van der Waals surface area contributed by atoms with E-state index in [2.05, 4.69) is 0 Å². The summed E-state index contributed by atoms with van der Waals surface area (Å²) < 4.78 is 24.7. The molecule has 20 heavy (non-hydrogen) atoms. The molecule has 0 aliphatic heterocycles. The first-order valence-electron chi connectivity index (χ1n) is 6.13. The molecule has 0 aliphatic rings. The van der Waals surface area contributed by atoms with Gasteiger partial charge < -0.3 is 15.9 Å². The molecule has 0 fully saturated rings. The molecule has 7 heteroatoms. The number of nitrogens with zero attached hydrogens (tertiary/aromatic N) is 1. The summed E-state index contributed by atoms with van der Waals surface area (Å²) in [6.07, 6.45) is -3.42. The van der Waals surface area contributed by atoms with Gasteiger partial charge in [-0.15, -0.1) is 0 Å². The summed E-state index contributed by atoms with van der Waals surface area (Å²) in [7, 11) is 0. The SMILES string of the molecule is NC(=S)c1ccc(C(O)CN(CCO)CC(F)F)cc1. The Balaban J connectivity index is 2.67. The second-order valence-electron chi connectivity index (χ2n) is 4.38. The van der Waals surface area contributed by atoms with Crippen LogP contribution >= 0.6 is 12.2 Å². The molecule has 0 spiro atoms. The maximum Gasteiger partial charge on any atom is 0.251 e. The molecule has 4 nitrogen and oxygen atoms in total. The largest absolute Gasteiger partial charge is 0.395 e. The van der Waals surface area contributed by atoms with E-state index in [1.807, 2.05) is 0 Å². The monoisotopic (exact) mass is 304 g/mol. The molecular formula is C13H18F2N2O2S. The molecule has 0 saturated heterocycles. The Hall–Kier alpha value is -1.15. The van der Waals surface area contributed by atoms with Crippen LogP contribution in [0.2, 0.25) is 0 Å². The maximum absolute atomic E-state index is 12.4. The van der Waals surface area contributed by atoms with Crippen LogP contribution in [0, 0.1) is 0 Å². The van der Waals surface area contributed by atoms with Crippen molar-refractivity contribution in [2.45, 2.75) is 12.5 Å². The Morgan fingerprint density at radius 1 is 1.25 bits per heavy atom. The molecule has 0 amide bonds. The van der Waals surface area contributed by atoms with Crippen LogP contribution < -0.4 is 5.73 Å². The van der Waals surface area contributed by atoms with Crippen molar-refractivity contribution in [3.63, 3.8) is 0 Å². The Morgan fingerprint density at radius 3 is 2.30 bits per heavy atom. The number of hydrogen-bond donors (Lipinski definition) is 3. The number of aliphatic hydroxyl groups is 2. The quantitative estimate of drug-likeness (QED) is 0.623. The third kappa shape index (κ3) is 5.46. The number of nitrogens with two attached hydrogens (primary N) is 1. The van der Waals surface area contributed by atoms with Crippen molar-refractivity contribution in [2.75, 3.05) is 26.2 Å². The summed E-state index contributed by atoms with van der Waals surface area (Å²) in [5, 5.41) is 18.9. The molecule has 0 heterocycles. The number of thiocarbonyl (C=S) groups is 1. The van der Waals surface area contributed by atoms with Crippen LogP contribution in [-0.4, -0.2) is 52.8 Å². The van der Waals surface area contributed by atoms with Gasteiger partial charge in [0.25, 0.3) is 6.43 Å².